The fourth-order valence-electron chi connectivity index (χ4n) is 1.80. The summed E-state index contributed by atoms with van der Waals surface area (Å²) in [6, 6.07) is 1.13. The molecule has 0 spiro atoms. The van der Waals surface area contributed by atoms with Gasteiger partial charge >= 0.3 is 5.97 Å². The number of nitrogens with zero attached hydrogens (tertiary/aromatic N) is 1. The van der Waals surface area contributed by atoms with E-state index in [2.05, 4.69) is 39.2 Å². The average molecular weight is 241 g/mol. The fraction of sp³-hybridized carbons (Fsp3) is 0.786. The molecule has 0 aliphatic carbocycles. The van der Waals surface area contributed by atoms with E-state index in [1.54, 1.807) is 6.92 Å². The van der Waals surface area contributed by atoms with Gasteiger partial charge in [0.1, 0.15) is 0 Å². The van der Waals surface area contributed by atoms with Gasteiger partial charge < -0.3 is 4.74 Å². The number of hydrogen-bond acceptors (Lipinski definition) is 3. The number of hydrogen-bond donors (Lipinski definition) is 0. The van der Waals surface area contributed by atoms with Gasteiger partial charge in [0.15, 0.2) is 0 Å². The molecule has 0 aromatic carbocycles. The Kier molecular flexibility index (Phi) is 7.88. The number of carbonyl (C=O) groups excluding carboxylic acids is 1. The van der Waals surface area contributed by atoms with E-state index >= 15 is 0 Å². The first-order chi connectivity index (χ1) is 7.86. The first kappa shape index (κ1) is 16.2. The van der Waals surface area contributed by atoms with E-state index in [1.165, 1.54) is 0 Å². The van der Waals surface area contributed by atoms with Crippen LogP contribution in [0.1, 0.15) is 47.5 Å². The van der Waals surface area contributed by atoms with Gasteiger partial charge in [0.25, 0.3) is 0 Å². The van der Waals surface area contributed by atoms with E-state index in [-0.39, 0.29) is 5.97 Å². The number of unbranched alkanes of at least 4 members (excludes halogenated alkanes) is 1. The van der Waals surface area contributed by atoms with Crippen LogP contribution < -0.4 is 0 Å². The molecule has 100 valence electrons. The Morgan fingerprint density at radius 3 is 2.12 bits per heavy atom. The molecule has 3 nitrogen and oxygen atoms in total. The van der Waals surface area contributed by atoms with E-state index in [1.807, 2.05) is 0 Å². The summed E-state index contributed by atoms with van der Waals surface area (Å²) in [5, 5.41) is 0. The van der Waals surface area contributed by atoms with E-state index < -0.39 is 0 Å². The van der Waals surface area contributed by atoms with E-state index in [4.69, 9.17) is 4.74 Å². The van der Waals surface area contributed by atoms with Crippen LogP contribution in [0.3, 0.4) is 0 Å². The van der Waals surface area contributed by atoms with E-state index in [0.717, 1.165) is 19.4 Å². The summed E-state index contributed by atoms with van der Waals surface area (Å²) in [5.41, 5.74) is 0.469. The molecule has 0 saturated heterocycles. The van der Waals surface area contributed by atoms with Crippen LogP contribution in [0.4, 0.5) is 0 Å². The zero-order valence-electron chi connectivity index (χ0n) is 12.0. The average Bonchev–Trinajstić information content (AvgIpc) is 2.21. The molecule has 0 saturated carbocycles. The van der Waals surface area contributed by atoms with Crippen LogP contribution in [-0.2, 0) is 9.53 Å². The first-order valence-corrected chi connectivity index (χ1v) is 6.44. The van der Waals surface area contributed by atoms with Crippen molar-refractivity contribution < 1.29 is 9.53 Å². The summed E-state index contributed by atoms with van der Waals surface area (Å²) in [4.78, 5) is 13.6. The highest BCUT2D eigenvalue weighted by Gasteiger charge is 2.12. The maximum absolute atomic E-state index is 11.1. The lowest BCUT2D eigenvalue weighted by Crippen LogP contribution is -2.37. The summed E-state index contributed by atoms with van der Waals surface area (Å²) in [5.74, 6) is -0.283. The minimum absolute atomic E-state index is 0.283. The lowest BCUT2D eigenvalue weighted by molar-refractivity contribution is -0.139. The lowest BCUT2D eigenvalue weighted by atomic mass is 10.2. The highest BCUT2D eigenvalue weighted by atomic mass is 16.5. The van der Waals surface area contributed by atoms with Gasteiger partial charge in [-0.2, -0.15) is 0 Å². The second kappa shape index (κ2) is 8.29. The summed E-state index contributed by atoms with van der Waals surface area (Å²) in [6.07, 6.45) is 1.97. The Morgan fingerprint density at radius 2 is 1.71 bits per heavy atom. The third-order valence-electron chi connectivity index (χ3n) is 2.72. The molecule has 0 heterocycles. The number of carbonyl (C=O) groups is 1. The maximum atomic E-state index is 11.1. The third kappa shape index (κ3) is 7.16. The standard InChI is InChI=1S/C14H27NO2/c1-11(2)14(16)17-10-8-7-9-15(12(3)4)13(5)6/h12-13H,1,7-10H2,2-6H3. The molecular weight excluding hydrogens is 214 g/mol. The topological polar surface area (TPSA) is 29.5 Å². The SMILES string of the molecule is C=C(C)C(=O)OCCCCN(C(C)C)C(C)C. The molecule has 17 heavy (non-hydrogen) atoms. The summed E-state index contributed by atoms with van der Waals surface area (Å²) < 4.78 is 5.05. The van der Waals surface area contributed by atoms with Crippen molar-refractivity contribution in [1.82, 2.24) is 4.90 Å². The van der Waals surface area contributed by atoms with Crippen molar-refractivity contribution in [3.8, 4) is 0 Å². The van der Waals surface area contributed by atoms with Gasteiger partial charge in [0.2, 0.25) is 0 Å². The molecule has 0 fully saturated rings. The van der Waals surface area contributed by atoms with Crippen molar-refractivity contribution in [2.75, 3.05) is 13.2 Å². The second-order valence-corrected chi connectivity index (χ2v) is 5.05. The summed E-state index contributed by atoms with van der Waals surface area (Å²) in [7, 11) is 0. The number of esters is 1. The normalized spacial score (nSPS) is 11.3. The van der Waals surface area contributed by atoms with Crippen LogP contribution in [0, 0.1) is 0 Å². The van der Waals surface area contributed by atoms with Crippen LogP contribution >= 0.6 is 0 Å². The monoisotopic (exact) mass is 241 g/mol. The molecular formula is C14H27NO2. The van der Waals surface area contributed by atoms with Gasteiger partial charge in [0.05, 0.1) is 6.61 Å². The predicted molar refractivity (Wildman–Crippen MR) is 72.0 cm³/mol. The Labute approximate surface area is 106 Å². The Hall–Kier alpha value is -0.830. The molecule has 0 atom stereocenters. The van der Waals surface area contributed by atoms with Gasteiger partial charge in [-0.3, -0.25) is 4.90 Å². The molecule has 0 amide bonds. The van der Waals surface area contributed by atoms with Gasteiger partial charge in [-0.1, -0.05) is 6.58 Å². The smallest absolute Gasteiger partial charge is 0.333 e. The molecule has 0 N–H and O–H groups in total. The fourth-order valence-corrected chi connectivity index (χ4v) is 1.80. The molecule has 0 radical (unpaired) electrons. The summed E-state index contributed by atoms with van der Waals surface area (Å²) >= 11 is 0. The van der Waals surface area contributed by atoms with Crippen LogP contribution in [-0.4, -0.2) is 36.1 Å². The molecule has 0 unspecified atom stereocenters. The first-order valence-electron chi connectivity index (χ1n) is 6.44. The van der Waals surface area contributed by atoms with Gasteiger partial charge in [0, 0.05) is 17.7 Å². The van der Waals surface area contributed by atoms with E-state index in [0.29, 0.717) is 24.3 Å². The molecule has 0 aromatic heterocycles. The maximum Gasteiger partial charge on any atom is 0.333 e. The van der Waals surface area contributed by atoms with Gasteiger partial charge in [-0.15, -0.1) is 0 Å². The minimum Gasteiger partial charge on any atom is -0.462 e. The number of rotatable bonds is 8. The van der Waals surface area contributed by atoms with Crippen molar-refractivity contribution in [3.05, 3.63) is 12.2 Å². The van der Waals surface area contributed by atoms with Crippen LogP contribution in [0.25, 0.3) is 0 Å². The Morgan fingerprint density at radius 1 is 1.18 bits per heavy atom. The Bertz CT molecular complexity index is 239. The predicted octanol–water partition coefficient (Wildman–Crippen LogP) is 3.00. The molecule has 0 aromatic rings. The molecule has 0 aliphatic rings. The van der Waals surface area contributed by atoms with Gasteiger partial charge in [-0.25, -0.2) is 4.79 Å². The van der Waals surface area contributed by atoms with Crippen LogP contribution in [0.5, 0.6) is 0 Å². The minimum atomic E-state index is -0.283. The van der Waals surface area contributed by atoms with Crippen molar-refractivity contribution in [3.63, 3.8) is 0 Å². The second-order valence-electron chi connectivity index (χ2n) is 5.05. The summed E-state index contributed by atoms with van der Waals surface area (Å²) in [6.45, 7) is 15.6. The Balaban J connectivity index is 3.69. The van der Waals surface area contributed by atoms with Crippen molar-refractivity contribution in [1.29, 1.82) is 0 Å². The third-order valence-corrected chi connectivity index (χ3v) is 2.72. The molecule has 3 heteroatoms. The van der Waals surface area contributed by atoms with E-state index in [9.17, 15) is 4.79 Å². The van der Waals surface area contributed by atoms with Crippen molar-refractivity contribution >= 4 is 5.97 Å². The van der Waals surface area contributed by atoms with Crippen molar-refractivity contribution in [2.24, 2.45) is 0 Å². The van der Waals surface area contributed by atoms with Crippen LogP contribution in [0.15, 0.2) is 12.2 Å². The zero-order valence-corrected chi connectivity index (χ0v) is 12.0. The molecule has 0 rings (SSSR count). The molecule has 0 aliphatic heterocycles. The van der Waals surface area contributed by atoms with Crippen LogP contribution in [0.2, 0.25) is 0 Å². The highest BCUT2D eigenvalue weighted by Crippen LogP contribution is 2.07. The lowest BCUT2D eigenvalue weighted by Gasteiger charge is -2.30. The van der Waals surface area contributed by atoms with Crippen molar-refractivity contribution in [2.45, 2.75) is 59.5 Å². The molecule has 0 bridgehead atoms. The quantitative estimate of drug-likeness (QED) is 0.372. The number of ether oxygens (including phenoxy) is 1. The largest absolute Gasteiger partial charge is 0.462 e. The zero-order chi connectivity index (χ0) is 13.4. The van der Waals surface area contributed by atoms with Gasteiger partial charge in [-0.05, 0) is 54.0 Å². The highest BCUT2D eigenvalue weighted by molar-refractivity contribution is 5.86.